The van der Waals surface area contributed by atoms with E-state index < -0.39 is 28.7 Å². The van der Waals surface area contributed by atoms with Crippen LogP contribution in [0.2, 0.25) is 0 Å². The maximum Gasteiger partial charge on any atom is 0.269 e. The van der Waals surface area contributed by atoms with E-state index >= 15 is 0 Å². The molecule has 1 aromatic carbocycles. The van der Waals surface area contributed by atoms with Crippen LogP contribution in [0.25, 0.3) is 5.69 Å². The Morgan fingerprint density at radius 3 is 2.64 bits per heavy atom. The van der Waals surface area contributed by atoms with E-state index in [0.29, 0.717) is 22.9 Å². The zero-order chi connectivity index (χ0) is 20.4. The number of aryl methyl sites for hydroxylation is 1. The molecule has 0 saturated carbocycles. The molecule has 0 spiro atoms. The number of anilines is 1. The molecule has 10 heteroatoms. The molecule has 0 saturated heterocycles. The van der Waals surface area contributed by atoms with E-state index in [4.69, 9.17) is 11.1 Å². The van der Waals surface area contributed by atoms with E-state index in [1.807, 2.05) is 13.0 Å². The van der Waals surface area contributed by atoms with Crippen molar-refractivity contribution in [2.75, 3.05) is 5.73 Å². The number of halogens is 3. The minimum Gasteiger partial charge on any atom is -0.383 e. The predicted octanol–water partition coefficient (Wildman–Crippen LogP) is 3.23. The van der Waals surface area contributed by atoms with Gasteiger partial charge < -0.3 is 11.1 Å². The summed E-state index contributed by atoms with van der Waals surface area (Å²) < 4.78 is 43.0. The molecular weight excluding hydrogens is 391 g/mol. The first-order chi connectivity index (χ1) is 13.3. The smallest absolute Gasteiger partial charge is 0.269 e. The first kappa shape index (κ1) is 19.6. The lowest BCUT2D eigenvalue weighted by Crippen LogP contribution is -2.28. The van der Waals surface area contributed by atoms with Gasteiger partial charge in [0.15, 0.2) is 22.6 Å². The molecule has 6 nitrogen and oxygen atoms in total. The van der Waals surface area contributed by atoms with Gasteiger partial charge in [-0.25, -0.2) is 22.7 Å². The molecule has 0 radical (unpaired) electrons. The van der Waals surface area contributed by atoms with Crippen LogP contribution in [0.15, 0.2) is 40.5 Å². The van der Waals surface area contributed by atoms with Crippen molar-refractivity contribution in [3.8, 4) is 5.69 Å². The fourth-order valence-electron chi connectivity index (χ4n) is 2.53. The topological polar surface area (TPSA) is 97.7 Å². The van der Waals surface area contributed by atoms with Crippen molar-refractivity contribution < 1.29 is 13.2 Å². The second-order valence-corrected chi connectivity index (χ2v) is 6.77. The Morgan fingerprint density at radius 1 is 1.25 bits per heavy atom. The minimum atomic E-state index is -1.54. The van der Waals surface area contributed by atoms with Crippen molar-refractivity contribution in [1.29, 1.82) is 5.41 Å². The van der Waals surface area contributed by atoms with Gasteiger partial charge in [-0.3, -0.25) is 9.78 Å². The van der Waals surface area contributed by atoms with Gasteiger partial charge in [-0.2, -0.15) is 0 Å². The predicted molar refractivity (Wildman–Crippen MR) is 101 cm³/mol. The van der Waals surface area contributed by atoms with Crippen LogP contribution in [-0.2, 0) is 5.75 Å². The zero-order valence-corrected chi connectivity index (χ0v) is 15.4. The number of thioether (sulfide) groups is 1. The van der Waals surface area contributed by atoms with Gasteiger partial charge >= 0.3 is 0 Å². The van der Waals surface area contributed by atoms with Crippen molar-refractivity contribution in [3.63, 3.8) is 0 Å². The van der Waals surface area contributed by atoms with Crippen LogP contribution >= 0.6 is 11.8 Å². The Hall–Kier alpha value is -3.14. The van der Waals surface area contributed by atoms with E-state index in [1.54, 1.807) is 12.4 Å². The molecule has 0 bridgehead atoms. The van der Waals surface area contributed by atoms with Gasteiger partial charge in [0.2, 0.25) is 0 Å². The van der Waals surface area contributed by atoms with Gasteiger partial charge in [0, 0.05) is 24.4 Å². The highest BCUT2D eigenvalue weighted by Gasteiger charge is 2.23. The van der Waals surface area contributed by atoms with Crippen LogP contribution in [0.1, 0.15) is 16.7 Å². The maximum absolute atomic E-state index is 14.4. The molecule has 3 aromatic rings. The SMILES string of the molecule is Cc1cncc(CSc2nc(N)c(C=N)c(=O)n2-c2c(F)ccc(F)c2F)c1. The molecule has 2 aromatic heterocycles. The average molecular weight is 405 g/mol. The van der Waals surface area contributed by atoms with Crippen molar-refractivity contribution >= 4 is 23.8 Å². The number of hydrogen-bond donors (Lipinski definition) is 2. The third kappa shape index (κ3) is 3.63. The summed E-state index contributed by atoms with van der Waals surface area (Å²) in [6.45, 7) is 1.85. The largest absolute Gasteiger partial charge is 0.383 e. The Labute approximate surface area is 161 Å². The molecule has 28 heavy (non-hydrogen) atoms. The molecule has 0 aliphatic rings. The quantitative estimate of drug-likeness (QED) is 0.294. The first-order valence-corrected chi connectivity index (χ1v) is 8.92. The monoisotopic (exact) mass is 405 g/mol. The molecule has 0 aliphatic heterocycles. The van der Waals surface area contributed by atoms with E-state index in [-0.39, 0.29) is 22.3 Å². The summed E-state index contributed by atoms with van der Waals surface area (Å²) in [4.78, 5) is 20.8. The Kier molecular flexibility index (Phi) is 5.50. The number of nitrogens with zero attached hydrogens (tertiary/aromatic N) is 3. The summed E-state index contributed by atoms with van der Waals surface area (Å²) in [7, 11) is 0. The molecule has 0 fully saturated rings. The highest BCUT2D eigenvalue weighted by Crippen LogP contribution is 2.27. The van der Waals surface area contributed by atoms with Gasteiger partial charge in [0.1, 0.15) is 17.1 Å². The van der Waals surface area contributed by atoms with Crippen molar-refractivity contribution in [3.05, 3.63) is 75.1 Å². The van der Waals surface area contributed by atoms with E-state index in [9.17, 15) is 18.0 Å². The number of pyridine rings is 1. The van der Waals surface area contributed by atoms with Crippen LogP contribution < -0.4 is 11.3 Å². The van der Waals surface area contributed by atoms with Crippen molar-refractivity contribution in [1.82, 2.24) is 14.5 Å². The second-order valence-electron chi connectivity index (χ2n) is 5.83. The summed E-state index contributed by atoms with van der Waals surface area (Å²) in [5.41, 5.74) is 5.16. The minimum absolute atomic E-state index is 0.141. The first-order valence-electron chi connectivity index (χ1n) is 7.93. The molecule has 0 aliphatic carbocycles. The van der Waals surface area contributed by atoms with E-state index in [1.165, 1.54) is 0 Å². The van der Waals surface area contributed by atoms with E-state index in [0.717, 1.165) is 22.9 Å². The van der Waals surface area contributed by atoms with Crippen molar-refractivity contribution in [2.45, 2.75) is 17.8 Å². The second kappa shape index (κ2) is 7.85. The van der Waals surface area contributed by atoms with Crippen LogP contribution in [0.3, 0.4) is 0 Å². The highest BCUT2D eigenvalue weighted by molar-refractivity contribution is 7.98. The molecule has 3 N–H and O–H groups in total. The number of benzene rings is 1. The molecular formula is C18H14F3N5OS. The molecule has 2 heterocycles. The lowest BCUT2D eigenvalue weighted by molar-refractivity contribution is 0.482. The third-order valence-electron chi connectivity index (χ3n) is 3.80. The fraction of sp³-hybridized carbons (Fsp3) is 0.111. The van der Waals surface area contributed by atoms with Gasteiger partial charge in [-0.15, -0.1) is 0 Å². The van der Waals surface area contributed by atoms with Gasteiger partial charge in [-0.05, 0) is 30.2 Å². The number of nitrogens with two attached hydrogens (primary N) is 1. The third-order valence-corrected chi connectivity index (χ3v) is 4.81. The highest BCUT2D eigenvalue weighted by atomic mass is 32.2. The maximum atomic E-state index is 14.4. The molecule has 0 amide bonds. The summed E-state index contributed by atoms with van der Waals surface area (Å²) in [6, 6.07) is 3.17. The van der Waals surface area contributed by atoms with Crippen LogP contribution in [0.5, 0.6) is 0 Å². The van der Waals surface area contributed by atoms with Gasteiger partial charge in [0.05, 0.1) is 0 Å². The number of nitrogens with one attached hydrogen (secondary N) is 1. The number of nitrogen functional groups attached to an aromatic ring is 1. The van der Waals surface area contributed by atoms with Crippen molar-refractivity contribution in [2.24, 2.45) is 0 Å². The summed E-state index contributed by atoms with van der Waals surface area (Å²) in [6.07, 6.45) is 3.90. The Bertz CT molecular complexity index is 1130. The molecule has 144 valence electrons. The molecule has 3 rings (SSSR count). The van der Waals surface area contributed by atoms with Crippen LogP contribution in [0, 0.1) is 29.8 Å². The Balaban J connectivity index is 2.19. The summed E-state index contributed by atoms with van der Waals surface area (Å²) in [5.74, 6) is -4.01. The lowest BCUT2D eigenvalue weighted by atomic mass is 10.2. The molecule has 0 unspecified atom stereocenters. The summed E-state index contributed by atoms with van der Waals surface area (Å²) in [5, 5.41) is 7.19. The van der Waals surface area contributed by atoms with Gasteiger partial charge in [-0.1, -0.05) is 17.8 Å². The lowest BCUT2D eigenvalue weighted by Gasteiger charge is -2.15. The molecule has 0 atom stereocenters. The van der Waals surface area contributed by atoms with E-state index in [2.05, 4.69) is 9.97 Å². The average Bonchev–Trinajstić information content (AvgIpc) is 2.65. The standard InChI is InChI=1S/C18H14F3N5OS/c1-9-4-10(7-24-6-9)8-28-18-25-16(23)11(5-22)17(27)26(18)15-13(20)3-2-12(19)14(15)21/h2-7,22H,8,23H2,1H3. The zero-order valence-electron chi connectivity index (χ0n) is 14.5. The fourth-order valence-corrected chi connectivity index (χ4v) is 3.45. The number of aromatic nitrogens is 3. The summed E-state index contributed by atoms with van der Waals surface area (Å²) >= 11 is 0.975. The number of hydrogen-bond acceptors (Lipinski definition) is 6. The van der Waals surface area contributed by atoms with Crippen LogP contribution in [-0.4, -0.2) is 20.7 Å². The van der Waals surface area contributed by atoms with Crippen LogP contribution in [0.4, 0.5) is 19.0 Å². The normalized spacial score (nSPS) is 10.9. The van der Waals surface area contributed by atoms with Gasteiger partial charge in [0.25, 0.3) is 5.56 Å². The number of rotatable bonds is 5. The Morgan fingerprint density at radius 2 is 1.96 bits per heavy atom.